The number of carbonyl (C=O) groups is 1. The van der Waals surface area contributed by atoms with Crippen molar-refractivity contribution in [3.05, 3.63) is 77.5 Å². The zero-order valence-electron chi connectivity index (χ0n) is 19.0. The van der Waals surface area contributed by atoms with Gasteiger partial charge in [-0.25, -0.2) is 4.98 Å². The average Bonchev–Trinajstić information content (AvgIpc) is 2.79. The lowest BCUT2D eigenvalue weighted by atomic mass is 9.87. The van der Waals surface area contributed by atoms with Gasteiger partial charge in [0.15, 0.2) is 5.75 Å². The summed E-state index contributed by atoms with van der Waals surface area (Å²) in [5.74, 6) is 1.19. The van der Waals surface area contributed by atoms with Crippen molar-refractivity contribution in [2.75, 3.05) is 30.5 Å². The second kappa shape index (κ2) is 9.01. The van der Waals surface area contributed by atoms with Crippen LogP contribution in [0.4, 0.5) is 17.2 Å². The molecule has 0 unspecified atom stereocenters. The number of ether oxygens (including phenoxy) is 2. The molecule has 0 bridgehead atoms. The van der Waals surface area contributed by atoms with Crippen molar-refractivity contribution in [2.45, 2.75) is 32.8 Å². The Balaban J connectivity index is 1.57. The summed E-state index contributed by atoms with van der Waals surface area (Å²) in [6.07, 6.45) is 1.81. The van der Waals surface area contributed by atoms with E-state index in [-0.39, 0.29) is 11.3 Å². The Morgan fingerprint density at radius 3 is 2.56 bits per heavy atom. The molecular weight excluding hydrogens is 402 g/mol. The molecule has 3 aromatic rings. The topological polar surface area (TPSA) is 63.7 Å². The van der Waals surface area contributed by atoms with Crippen LogP contribution in [0, 0.1) is 0 Å². The number of hydrogen-bond acceptors (Lipinski definition) is 5. The summed E-state index contributed by atoms with van der Waals surface area (Å²) in [5, 5.41) is 3.00. The minimum atomic E-state index is -0.199. The number of anilines is 3. The van der Waals surface area contributed by atoms with Crippen LogP contribution in [0.25, 0.3) is 0 Å². The first-order chi connectivity index (χ1) is 15.4. The molecule has 6 nitrogen and oxygen atoms in total. The lowest BCUT2D eigenvalue weighted by Gasteiger charge is -2.31. The maximum Gasteiger partial charge on any atom is 0.259 e. The Morgan fingerprint density at radius 1 is 1.12 bits per heavy atom. The summed E-state index contributed by atoms with van der Waals surface area (Å²) in [6.45, 7) is 8.15. The van der Waals surface area contributed by atoms with Gasteiger partial charge in [-0.2, -0.15) is 0 Å². The quantitative estimate of drug-likeness (QED) is 0.593. The predicted molar refractivity (Wildman–Crippen MR) is 127 cm³/mol. The molecule has 4 rings (SSSR count). The molecule has 0 saturated heterocycles. The summed E-state index contributed by atoms with van der Waals surface area (Å²) in [5.41, 5.74) is 4.38. The van der Waals surface area contributed by atoms with E-state index < -0.39 is 0 Å². The Hall–Kier alpha value is -3.38. The molecule has 0 fully saturated rings. The maximum atomic E-state index is 13.1. The van der Waals surface area contributed by atoms with Gasteiger partial charge in [0.1, 0.15) is 12.4 Å². The van der Waals surface area contributed by atoms with Gasteiger partial charge >= 0.3 is 0 Å². The molecule has 0 saturated carbocycles. The van der Waals surface area contributed by atoms with E-state index in [4.69, 9.17) is 9.47 Å². The predicted octanol–water partition coefficient (Wildman–Crippen LogP) is 5.31. The molecule has 6 heteroatoms. The van der Waals surface area contributed by atoms with Crippen molar-refractivity contribution in [3.8, 4) is 5.75 Å². The van der Waals surface area contributed by atoms with Crippen LogP contribution >= 0.6 is 0 Å². The molecule has 32 heavy (non-hydrogen) atoms. The van der Waals surface area contributed by atoms with Crippen LogP contribution in [0.5, 0.6) is 5.75 Å². The minimum absolute atomic E-state index is 0.0636. The Labute approximate surface area is 189 Å². The lowest BCUT2D eigenvalue weighted by Crippen LogP contribution is -2.30. The van der Waals surface area contributed by atoms with Gasteiger partial charge < -0.3 is 19.7 Å². The summed E-state index contributed by atoms with van der Waals surface area (Å²) in [7, 11) is 1.66. The first-order valence-corrected chi connectivity index (χ1v) is 10.8. The molecule has 1 N–H and O–H groups in total. The molecule has 2 aromatic carbocycles. The highest BCUT2D eigenvalue weighted by Crippen LogP contribution is 2.38. The fourth-order valence-electron chi connectivity index (χ4n) is 3.75. The number of para-hydroxylation sites is 1. The molecule has 1 aromatic heterocycles. The van der Waals surface area contributed by atoms with Crippen LogP contribution in [0.15, 0.2) is 60.8 Å². The van der Waals surface area contributed by atoms with Crippen molar-refractivity contribution in [1.29, 1.82) is 0 Å². The van der Waals surface area contributed by atoms with E-state index in [9.17, 15) is 4.79 Å². The van der Waals surface area contributed by atoms with E-state index in [0.717, 1.165) is 22.8 Å². The summed E-state index contributed by atoms with van der Waals surface area (Å²) < 4.78 is 11.1. The van der Waals surface area contributed by atoms with Gasteiger partial charge in [-0.15, -0.1) is 0 Å². The number of rotatable bonds is 5. The molecule has 1 amide bonds. The molecule has 1 aliphatic heterocycles. The molecule has 166 valence electrons. The number of benzene rings is 2. The molecule has 0 spiro atoms. The van der Waals surface area contributed by atoms with Gasteiger partial charge in [-0.1, -0.05) is 45.0 Å². The van der Waals surface area contributed by atoms with Crippen LogP contribution in [0.3, 0.4) is 0 Å². The van der Waals surface area contributed by atoms with Crippen molar-refractivity contribution >= 4 is 23.1 Å². The summed E-state index contributed by atoms with van der Waals surface area (Å²) in [4.78, 5) is 19.7. The van der Waals surface area contributed by atoms with Gasteiger partial charge in [-0.3, -0.25) is 4.79 Å². The number of amides is 1. The highest BCUT2D eigenvalue weighted by Gasteiger charge is 2.25. The molecular formula is C26H29N3O3. The third kappa shape index (κ3) is 4.60. The van der Waals surface area contributed by atoms with Gasteiger partial charge in [0.05, 0.1) is 24.4 Å². The first-order valence-electron chi connectivity index (χ1n) is 10.8. The van der Waals surface area contributed by atoms with Crippen LogP contribution in [-0.4, -0.2) is 31.2 Å². The lowest BCUT2D eigenvalue weighted by molar-refractivity contribution is 0.102. The normalized spacial score (nSPS) is 13.3. The number of carbonyl (C=O) groups excluding carboxylic acids is 1. The summed E-state index contributed by atoms with van der Waals surface area (Å²) >= 11 is 0. The molecule has 0 radical (unpaired) electrons. The molecule has 0 aliphatic carbocycles. The second-order valence-electron chi connectivity index (χ2n) is 8.89. The van der Waals surface area contributed by atoms with Crippen molar-refractivity contribution in [2.24, 2.45) is 0 Å². The van der Waals surface area contributed by atoms with E-state index in [1.807, 2.05) is 54.7 Å². The van der Waals surface area contributed by atoms with E-state index in [0.29, 0.717) is 31.1 Å². The van der Waals surface area contributed by atoms with Crippen molar-refractivity contribution < 1.29 is 14.3 Å². The SMILES string of the molecule is COCc1ccc(N2CCOc3c(C(=O)Nc4ccc(C(C)(C)C)cc4)cccc32)nc1. The Morgan fingerprint density at radius 2 is 1.91 bits per heavy atom. The van der Waals surface area contributed by atoms with E-state index in [1.165, 1.54) is 5.56 Å². The first kappa shape index (κ1) is 21.8. The third-order valence-corrected chi connectivity index (χ3v) is 5.50. The number of hydrogen-bond donors (Lipinski definition) is 1. The average molecular weight is 432 g/mol. The largest absolute Gasteiger partial charge is 0.489 e. The van der Waals surface area contributed by atoms with Crippen LogP contribution < -0.4 is 15.0 Å². The second-order valence-corrected chi connectivity index (χ2v) is 8.89. The highest BCUT2D eigenvalue weighted by molar-refractivity contribution is 6.07. The molecule has 2 heterocycles. The smallest absolute Gasteiger partial charge is 0.259 e. The van der Waals surface area contributed by atoms with Gasteiger partial charge in [0.25, 0.3) is 5.91 Å². The Kier molecular flexibility index (Phi) is 6.15. The Bertz CT molecular complexity index is 1090. The number of nitrogens with one attached hydrogen (secondary N) is 1. The van der Waals surface area contributed by atoms with E-state index in [2.05, 4.69) is 36.0 Å². The monoisotopic (exact) mass is 431 g/mol. The van der Waals surface area contributed by atoms with Gasteiger partial charge in [0.2, 0.25) is 0 Å². The fraction of sp³-hybridized carbons (Fsp3) is 0.308. The number of nitrogens with zero attached hydrogens (tertiary/aromatic N) is 2. The number of pyridine rings is 1. The third-order valence-electron chi connectivity index (χ3n) is 5.50. The minimum Gasteiger partial charge on any atom is -0.489 e. The van der Waals surface area contributed by atoms with Crippen LogP contribution in [-0.2, 0) is 16.8 Å². The fourth-order valence-corrected chi connectivity index (χ4v) is 3.75. The number of methoxy groups -OCH3 is 1. The highest BCUT2D eigenvalue weighted by atomic mass is 16.5. The van der Waals surface area contributed by atoms with Crippen molar-refractivity contribution in [1.82, 2.24) is 4.98 Å². The number of aromatic nitrogens is 1. The van der Waals surface area contributed by atoms with E-state index >= 15 is 0 Å². The van der Waals surface area contributed by atoms with Gasteiger partial charge in [0, 0.05) is 19.0 Å². The van der Waals surface area contributed by atoms with E-state index in [1.54, 1.807) is 13.2 Å². The van der Waals surface area contributed by atoms with Crippen LogP contribution in [0.2, 0.25) is 0 Å². The molecule has 1 aliphatic rings. The zero-order valence-corrected chi connectivity index (χ0v) is 19.0. The molecule has 0 atom stereocenters. The zero-order chi connectivity index (χ0) is 22.7. The van der Waals surface area contributed by atoms with Crippen LogP contribution in [0.1, 0.15) is 42.3 Å². The maximum absolute atomic E-state index is 13.1. The standard InChI is InChI=1S/C26H29N3O3/c1-26(2,3)19-9-11-20(12-10-19)28-25(30)21-6-5-7-22-24(21)32-15-14-29(22)23-13-8-18(16-27-23)17-31-4/h5-13,16H,14-15,17H2,1-4H3,(H,28,30). The van der Waals surface area contributed by atoms with Crippen molar-refractivity contribution in [3.63, 3.8) is 0 Å². The number of fused-ring (bicyclic) bond motifs is 1. The summed E-state index contributed by atoms with van der Waals surface area (Å²) in [6, 6.07) is 17.5. The van der Waals surface area contributed by atoms with Gasteiger partial charge in [-0.05, 0) is 46.9 Å².